The monoisotopic (exact) mass is 364 g/mol. The number of ether oxygens (including phenoxy) is 2. The van der Waals surface area contributed by atoms with Gasteiger partial charge in [0.15, 0.2) is 5.78 Å². The number of methoxy groups -OCH3 is 2. The first kappa shape index (κ1) is 19.2. The molecule has 0 spiro atoms. The predicted octanol–water partition coefficient (Wildman–Crippen LogP) is 5.59. The third-order valence-electron chi connectivity index (χ3n) is 5.43. The predicted molar refractivity (Wildman–Crippen MR) is 110 cm³/mol. The number of hydrogen-bond acceptors (Lipinski definition) is 3. The van der Waals surface area contributed by atoms with Gasteiger partial charge in [0, 0.05) is 11.5 Å². The molecule has 0 amide bonds. The van der Waals surface area contributed by atoms with Crippen LogP contribution in [-0.4, -0.2) is 20.0 Å². The summed E-state index contributed by atoms with van der Waals surface area (Å²) in [7, 11) is 3.29. The van der Waals surface area contributed by atoms with E-state index < -0.39 is 0 Å². The number of allylic oxidation sites excluding steroid dienone is 1. The van der Waals surface area contributed by atoms with Crippen LogP contribution in [0.2, 0.25) is 0 Å². The molecule has 2 aromatic carbocycles. The number of benzene rings is 2. The molecule has 0 radical (unpaired) electrons. The molecular weight excluding hydrogens is 336 g/mol. The molecule has 27 heavy (non-hydrogen) atoms. The van der Waals surface area contributed by atoms with E-state index in [1.165, 1.54) is 5.56 Å². The minimum absolute atomic E-state index is 0.0544. The Morgan fingerprint density at radius 2 is 1.85 bits per heavy atom. The van der Waals surface area contributed by atoms with Crippen molar-refractivity contribution >= 4 is 11.9 Å². The summed E-state index contributed by atoms with van der Waals surface area (Å²) in [5.74, 6) is 1.25. The molecule has 0 heterocycles. The van der Waals surface area contributed by atoms with Crippen LogP contribution in [0.1, 0.15) is 59.3 Å². The molecule has 0 saturated heterocycles. The maximum Gasteiger partial charge on any atom is 0.173 e. The minimum Gasteiger partial charge on any atom is -0.496 e. The fourth-order valence-corrected chi connectivity index (χ4v) is 3.74. The Hall–Kier alpha value is -2.55. The Balaban J connectivity index is 2.00. The lowest BCUT2D eigenvalue weighted by Gasteiger charge is -2.27. The summed E-state index contributed by atoms with van der Waals surface area (Å²) < 4.78 is 11.1. The van der Waals surface area contributed by atoms with E-state index in [0.29, 0.717) is 11.3 Å². The molecule has 1 aliphatic rings. The number of fused-ring (bicyclic) bond motifs is 1. The van der Waals surface area contributed by atoms with Gasteiger partial charge in [-0.1, -0.05) is 51.1 Å². The molecule has 0 saturated carbocycles. The smallest absolute Gasteiger partial charge is 0.173 e. The molecule has 0 unspecified atom stereocenters. The van der Waals surface area contributed by atoms with Gasteiger partial charge in [0.2, 0.25) is 0 Å². The second kappa shape index (κ2) is 7.22. The topological polar surface area (TPSA) is 35.5 Å². The van der Waals surface area contributed by atoms with E-state index in [4.69, 9.17) is 9.47 Å². The highest BCUT2D eigenvalue weighted by atomic mass is 16.5. The first-order valence-electron chi connectivity index (χ1n) is 9.35. The second-order valence-corrected chi connectivity index (χ2v) is 8.03. The number of rotatable bonds is 5. The standard InChI is InChI=1S/C24H28O3/c1-15-7-8-17(13-21(15)26-5)16(2)22(25)20-10-9-18-14-24(3,4)12-11-19(18)23(20)27-6/h7-13,16H,14H2,1-6H3/t16-/m0/s1. The molecular formula is C24H28O3. The minimum atomic E-state index is -0.282. The lowest BCUT2D eigenvalue weighted by atomic mass is 9.78. The average Bonchev–Trinajstić information content (AvgIpc) is 2.65. The van der Waals surface area contributed by atoms with Crippen LogP contribution >= 0.6 is 0 Å². The largest absolute Gasteiger partial charge is 0.496 e. The Bertz CT molecular complexity index is 906. The molecule has 3 nitrogen and oxygen atoms in total. The zero-order valence-corrected chi connectivity index (χ0v) is 17.1. The van der Waals surface area contributed by atoms with Gasteiger partial charge in [0.1, 0.15) is 11.5 Å². The van der Waals surface area contributed by atoms with Crippen molar-refractivity contribution < 1.29 is 14.3 Å². The van der Waals surface area contributed by atoms with Gasteiger partial charge >= 0.3 is 0 Å². The lowest BCUT2D eigenvalue weighted by Crippen LogP contribution is -2.18. The SMILES string of the molecule is COc1cc([C@H](C)C(=O)c2ccc3c(c2OC)C=CC(C)(C)C3)ccc1C. The van der Waals surface area contributed by atoms with Crippen LogP contribution < -0.4 is 9.47 Å². The van der Waals surface area contributed by atoms with Gasteiger partial charge in [-0.15, -0.1) is 0 Å². The van der Waals surface area contributed by atoms with E-state index in [9.17, 15) is 4.79 Å². The van der Waals surface area contributed by atoms with Crippen LogP contribution in [0.25, 0.3) is 6.08 Å². The number of ketones is 1. The number of carbonyl (C=O) groups excluding carboxylic acids is 1. The van der Waals surface area contributed by atoms with Gasteiger partial charge in [0.25, 0.3) is 0 Å². The van der Waals surface area contributed by atoms with E-state index in [1.54, 1.807) is 14.2 Å². The Morgan fingerprint density at radius 3 is 2.52 bits per heavy atom. The van der Waals surface area contributed by atoms with E-state index in [-0.39, 0.29) is 17.1 Å². The first-order valence-corrected chi connectivity index (χ1v) is 9.35. The highest BCUT2D eigenvalue weighted by molar-refractivity contribution is 6.04. The van der Waals surface area contributed by atoms with Gasteiger partial charge in [-0.3, -0.25) is 4.79 Å². The molecule has 3 heteroatoms. The number of hydrogen-bond donors (Lipinski definition) is 0. The summed E-state index contributed by atoms with van der Waals surface area (Å²) in [6.45, 7) is 8.36. The summed E-state index contributed by atoms with van der Waals surface area (Å²) in [4.78, 5) is 13.3. The van der Waals surface area contributed by atoms with Crippen molar-refractivity contribution in [3.8, 4) is 11.5 Å². The average molecular weight is 364 g/mol. The molecule has 0 aromatic heterocycles. The van der Waals surface area contributed by atoms with E-state index in [0.717, 1.165) is 28.9 Å². The number of carbonyl (C=O) groups is 1. The van der Waals surface area contributed by atoms with Crippen molar-refractivity contribution in [3.05, 3.63) is 64.2 Å². The molecule has 0 bridgehead atoms. The van der Waals surface area contributed by atoms with Crippen LogP contribution in [0, 0.1) is 12.3 Å². The summed E-state index contributed by atoms with van der Waals surface area (Å²) in [5.41, 5.74) is 5.00. The summed E-state index contributed by atoms with van der Waals surface area (Å²) >= 11 is 0. The molecule has 3 rings (SSSR count). The molecule has 0 aliphatic heterocycles. The van der Waals surface area contributed by atoms with Crippen molar-refractivity contribution in [2.24, 2.45) is 5.41 Å². The van der Waals surface area contributed by atoms with Crippen molar-refractivity contribution in [2.75, 3.05) is 14.2 Å². The van der Waals surface area contributed by atoms with Crippen molar-refractivity contribution in [1.82, 2.24) is 0 Å². The highest BCUT2D eigenvalue weighted by Gasteiger charge is 2.27. The van der Waals surface area contributed by atoms with Crippen LogP contribution in [0.15, 0.2) is 36.4 Å². The second-order valence-electron chi connectivity index (χ2n) is 8.03. The zero-order chi connectivity index (χ0) is 19.8. The fourth-order valence-electron chi connectivity index (χ4n) is 3.74. The quantitative estimate of drug-likeness (QED) is 0.648. The first-order chi connectivity index (χ1) is 12.8. The zero-order valence-electron chi connectivity index (χ0n) is 17.1. The van der Waals surface area contributed by atoms with Crippen LogP contribution in [0.4, 0.5) is 0 Å². The highest BCUT2D eigenvalue weighted by Crippen LogP contribution is 2.39. The van der Waals surface area contributed by atoms with Crippen LogP contribution in [-0.2, 0) is 6.42 Å². The molecule has 142 valence electrons. The van der Waals surface area contributed by atoms with Crippen LogP contribution in [0.5, 0.6) is 11.5 Å². The van der Waals surface area contributed by atoms with E-state index in [2.05, 4.69) is 32.1 Å². The molecule has 2 aromatic rings. The van der Waals surface area contributed by atoms with E-state index in [1.807, 2.05) is 38.1 Å². The normalized spacial score (nSPS) is 15.8. The molecule has 0 N–H and O–H groups in total. The lowest BCUT2D eigenvalue weighted by molar-refractivity contribution is 0.0963. The van der Waals surface area contributed by atoms with Crippen molar-refractivity contribution in [2.45, 2.75) is 40.0 Å². The third-order valence-corrected chi connectivity index (χ3v) is 5.43. The van der Waals surface area contributed by atoms with Crippen molar-refractivity contribution in [3.63, 3.8) is 0 Å². The summed E-state index contributed by atoms with van der Waals surface area (Å²) in [6.07, 6.45) is 5.22. The summed E-state index contributed by atoms with van der Waals surface area (Å²) in [5, 5.41) is 0. The Morgan fingerprint density at radius 1 is 1.11 bits per heavy atom. The molecule has 0 fully saturated rings. The number of aryl methyl sites for hydroxylation is 1. The molecule has 1 atom stereocenters. The Kier molecular flexibility index (Phi) is 5.14. The Labute approximate surface area is 162 Å². The van der Waals surface area contributed by atoms with Gasteiger partial charge in [-0.05, 0) is 47.6 Å². The van der Waals surface area contributed by atoms with Gasteiger partial charge < -0.3 is 9.47 Å². The third kappa shape index (κ3) is 3.64. The maximum atomic E-state index is 13.3. The van der Waals surface area contributed by atoms with Gasteiger partial charge in [-0.25, -0.2) is 0 Å². The maximum absolute atomic E-state index is 13.3. The fraction of sp³-hybridized carbons (Fsp3) is 0.375. The molecule has 1 aliphatic carbocycles. The van der Waals surface area contributed by atoms with E-state index >= 15 is 0 Å². The van der Waals surface area contributed by atoms with Crippen molar-refractivity contribution in [1.29, 1.82) is 0 Å². The number of Topliss-reactive ketones (excluding diaryl/α,β-unsaturated/α-hetero) is 1. The summed E-state index contributed by atoms with van der Waals surface area (Å²) in [6, 6.07) is 9.92. The van der Waals surface area contributed by atoms with Gasteiger partial charge in [-0.2, -0.15) is 0 Å². The van der Waals surface area contributed by atoms with Crippen LogP contribution in [0.3, 0.4) is 0 Å². The van der Waals surface area contributed by atoms with Gasteiger partial charge in [0.05, 0.1) is 19.8 Å².